The van der Waals surface area contributed by atoms with Crippen LogP contribution in [0.4, 0.5) is 5.69 Å². The van der Waals surface area contributed by atoms with Crippen LogP contribution in [0.1, 0.15) is 28.9 Å². The van der Waals surface area contributed by atoms with Crippen molar-refractivity contribution >= 4 is 22.4 Å². The number of nitrogens with zero attached hydrogens (tertiary/aromatic N) is 1. The maximum atomic E-state index is 11.0. The zero-order valence-corrected chi connectivity index (χ0v) is 16.5. The average molecular weight is 390 g/mol. The van der Waals surface area contributed by atoms with Crippen LogP contribution in [0.5, 0.6) is 0 Å². The van der Waals surface area contributed by atoms with Crippen LogP contribution in [0.15, 0.2) is 66.7 Å². The van der Waals surface area contributed by atoms with Crippen LogP contribution in [0.3, 0.4) is 0 Å². The zero-order chi connectivity index (χ0) is 20.2. The molecule has 0 aliphatic carbocycles. The second-order valence-corrected chi connectivity index (χ2v) is 7.49. The first kappa shape index (κ1) is 19.4. The predicted octanol–water partition coefficient (Wildman–Crippen LogP) is 4.09. The maximum absolute atomic E-state index is 11.0. The fourth-order valence-corrected chi connectivity index (χ4v) is 3.94. The molecule has 0 bridgehead atoms. The summed E-state index contributed by atoms with van der Waals surface area (Å²) < 4.78 is 5.97. The molecule has 1 saturated heterocycles. The van der Waals surface area contributed by atoms with Gasteiger partial charge in [0.25, 0.3) is 0 Å². The molecule has 0 saturated carbocycles. The van der Waals surface area contributed by atoms with Crippen LogP contribution in [-0.2, 0) is 4.74 Å². The molecule has 4 rings (SSSR count). The molecule has 1 fully saturated rings. The lowest BCUT2D eigenvalue weighted by Gasteiger charge is -2.35. The topological polar surface area (TPSA) is 61.8 Å². The second-order valence-electron chi connectivity index (χ2n) is 7.49. The number of hydrogen-bond acceptors (Lipinski definition) is 4. The first-order valence-corrected chi connectivity index (χ1v) is 10.0. The van der Waals surface area contributed by atoms with Crippen molar-refractivity contribution in [2.24, 2.45) is 0 Å². The van der Waals surface area contributed by atoms with Crippen molar-refractivity contribution in [2.75, 3.05) is 31.1 Å². The molecule has 2 atom stereocenters. The van der Waals surface area contributed by atoms with E-state index in [2.05, 4.69) is 59.6 Å². The molecular formula is C24H26N2O3. The first-order valence-electron chi connectivity index (χ1n) is 10.0. The molecule has 2 N–H and O–H groups in total. The number of carboxylic acid groups (broad SMARTS) is 1. The van der Waals surface area contributed by atoms with Gasteiger partial charge in [-0.2, -0.15) is 0 Å². The van der Waals surface area contributed by atoms with Gasteiger partial charge >= 0.3 is 5.97 Å². The lowest BCUT2D eigenvalue weighted by molar-refractivity contribution is 0.0394. The molecule has 1 heterocycles. The van der Waals surface area contributed by atoms with E-state index in [1.54, 1.807) is 12.1 Å². The largest absolute Gasteiger partial charge is 0.478 e. The average Bonchev–Trinajstić information content (AvgIpc) is 2.77. The minimum absolute atomic E-state index is 0.0836. The summed E-state index contributed by atoms with van der Waals surface area (Å²) in [5.41, 5.74) is 2.63. The van der Waals surface area contributed by atoms with E-state index in [-0.39, 0.29) is 12.1 Å². The van der Waals surface area contributed by atoms with Crippen LogP contribution in [0, 0.1) is 0 Å². The van der Waals surface area contributed by atoms with Crippen molar-refractivity contribution in [3.05, 3.63) is 77.9 Å². The number of hydrogen-bond donors (Lipinski definition) is 2. The van der Waals surface area contributed by atoms with E-state index in [9.17, 15) is 4.79 Å². The smallest absolute Gasteiger partial charge is 0.335 e. The molecule has 0 amide bonds. The van der Waals surface area contributed by atoms with Gasteiger partial charge in [0.1, 0.15) is 0 Å². The van der Waals surface area contributed by atoms with E-state index in [0.29, 0.717) is 12.2 Å². The number of morpholine rings is 1. The quantitative estimate of drug-likeness (QED) is 0.664. The van der Waals surface area contributed by atoms with Crippen molar-refractivity contribution in [3.63, 3.8) is 0 Å². The Balaban J connectivity index is 1.38. The van der Waals surface area contributed by atoms with E-state index >= 15 is 0 Å². The van der Waals surface area contributed by atoms with E-state index < -0.39 is 5.97 Å². The van der Waals surface area contributed by atoms with Crippen molar-refractivity contribution in [2.45, 2.75) is 19.1 Å². The van der Waals surface area contributed by atoms with Gasteiger partial charge in [-0.15, -0.1) is 0 Å². The maximum Gasteiger partial charge on any atom is 0.335 e. The minimum atomic E-state index is -0.900. The van der Waals surface area contributed by atoms with Gasteiger partial charge in [0.05, 0.1) is 18.3 Å². The third kappa shape index (κ3) is 4.42. The van der Waals surface area contributed by atoms with Crippen LogP contribution >= 0.6 is 0 Å². The summed E-state index contributed by atoms with van der Waals surface area (Å²) in [7, 11) is 0. The third-order valence-corrected chi connectivity index (χ3v) is 5.56. The summed E-state index contributed by atoms with van der Waals surface area (Å²) in [6, 6.07) is 22.2. The Hall–Kier alpha value is -2.89. The van der Waals surface area contributed by atoms with Gasteiger partial charge in [0, 0.05) is 31.4 Å². The molecule has 0 radical (unpaired) electrons. The first-order chi connectivity index (χ1) is 14.1. The fourth-order valence-electron chi connectivity index (χ4n) is 3.94. The van der Waals surface area contributed by atoms with Gasteiger partial charge in [-0.25, -0.2) is 4.79 Å². The molecule has 3 aromatic carbocycles. The number of fused-ring (bicyclic) bond motifs is 1. The number of ether oxygens (including phenoxy) is 1. The Morgan fingerprint density at radius 1 is 1.14 bits per heavy atom. The molecule has 1 aliphatic heterocycles. The Morgan fingerprint density at radius 2 is 1.90 bits per heavy atom. The van der Waals surface area contributed by atoms with Gasteiger partial charge in [0.15, 0.2) is 0 Å². The highest BCUT2D eigenvalue weighted by molar-refractivity contribution is 5.88. The fraction of sp³-hybridized carbons (Fsp3) is 0.292. The summed E-state index contributed by atoms with van der Waals surface area (Å²) in [6.45, 7) is 5.19. The molecule has 3 aromatic rings. The second kappa shape index (κ2) is 8.64. The van der Waals surface area contributed by atoms with Crippen molar-refractivity contribution in [1.29, 1.82) is 0 Å². The van der Waals surface area contributed by atoms with E-state index in [0.717, 1.165) is 25.3 Å². The molecule has 0 spiro atoms. The van der Waals surface area contributed by atoms with E-state index in [1.807, 2.05) is 12.1 Å². The van der Waals surface area contributed by atoms with Crippen LogP contribution in [0.25, 0.3) is 10.8 Å². The summed E-state index contributed by atoms with van der Waals surface area (Å²) in [6.07, 6.45) is 0.0836. The third-order valence-electron chi connectivity index (χ3n) is 5.56. The van der Waals surface area contributed by atoms with Crippen molar-refractivity contribution < 1.29 is 14.6 Å². The van der Waals surface area contributed by atoms with Gasteiger partial charge in [-0.05, 0) is 47.5 Å². The molecule has 1 unspecified atom stereocenters. The molecule has 0 aromatic heterocycles. The Morgan fingerprint density at radius 3 is 2.69 bits per heavy atom. The monoisotopic (exact) mass is 390 g/mol. The van der Waals surface area contributed by atoms with Gasteiger partial charge in [0.2, 0.25) is 0 Å². The predicted molar refractivity (Wildman–Crippen MR) is 116 cm³/mol. The summed E-state index contributed by atoms with van der Waals surface area (Å²) in [4.78, 5) is 13.3. The molecular weight excluding hydrogens is 364 g/mol. The van der Waals surface area contributed by atoms with Crippen LogP contribution < -0.4 is 10.2 Å². The Bertz CT molecular complexity index is 982. The molecule has 5 nitrogen and oxygen atoms in total. The summed E-state index contributed by atoms with van der Waals surface area (Å²) >= 11 is 0. The zero-order valence-electron chi connectivity index (χ0n) is 16.5. The van der Waals surface area contributed by atoms with Crippen LogP contribution in [-0.4, -0.2) is 43.4 Å². The number of nitrogens with one attached hydrogen (secondary N) is 1. The molecule has 5 heteroatoms. The highest BCUT2D eigenvalue weighted by Crippen LogP contribution is 2.24. The normalized spacial score (nSPS) is 18.0. The number of aromatic carboxylic acids is 1. The Kier molecular flexibility index (Phi) is 5.79. The summed E-state index contributed by atoms with van der Waals surface area (Å²) in [5, 5.41) is 15.2. The number of carboxylic acids is 1. The molecule has 1 aliphatic rings. The van der Waals surface area contributed by atoms with Crippen molar-refractivity contribution in [3.8, 4) is 0 Å². The number of benzene rings is 3. The highest BCUT2D eigenvalue weighted by atomic mass is 16.5. The number of anilines is 1. The lowest BCUT2D eigenvalue weighted by atomic mass is 9.99. The van der Waals surface area contributed by atoms with Crippen molar-refractivity contribution in [1.82, 2.24) is 5.32 Å². The van der Waals surface area contributed by atoms with E-state index in [4.69, 9.17) is 9.84 Å². The number of rotatable bonds is 6. The van der Waals surface area contributed by atoms with E-state index in [1.165, 1.54) is 16.3 Å². The SMILES string of the molecule is C[C@@H](NCC1CN(c2ccc(C(=O)O)cc2)CCO1)c1cccc2ccccc12. The molecule has 29 heavy (non-hydrogen) atoms. The highest BCUT2D eigenvalue weighted by Gasteiger charge is 2.22. The van der Waals surface area contributed by atoms with Gasteiger partial charge in [-0.3, -0.25) is 0 Å². The lowest BCUT2D eigenvalue weighted by Crippen LogP contribution is -2.47. The summed E-state index contributed by atoms with van der Waals surface area (Å²) in [5.74, 6) is -0.900. The number of carbonyl (C=O) groups is 1. The minimum Gasteiger partial charge on any atom is -0.478 e. The molecule has 150 valence electrons. The van der Waals surface area contributed by atoms with Crippen LogP contribution in [0.2, 0.25) is 0 Å². The van der Waals surface area contributed by atoms with Gasteiger partial charge in [-0.1, -0.05) is 42.5 Å². The Labute approximate surface area is 170 Å². The van der Waals surface area contributed by atoms with Gasteiger partial charge < -0.3 is 20.1 Å². The standard InChI is InChI=1S/C24H26N2O3/c1-17(22-8-4-6-18-5-2-3-7-23(18)22)25-15-21-16-26(13-14-29-21)20-11-9-19(10-12-20)24(27)28/h2-12,17,21,25H,13-16H2,1H3,(H,27,28)/t17-,21?/m1/s1.